The van der Waals surface area contributed by atoms with Crippen molar-refractivity contribution in [1.29, 1.82) is 0 Å². The van der Waals surface area contributed by atoms with Gasteiger partial charge in [-0.25, -0.2) is 0 Å². The zero-order valence-electron chi connectivity index (χ0n) is 11.1. The molecule has 1 N–H and O–H groups in total. The monoisotopic (exact) mass is 277 g/mol. The minimum Gasteiger partial charge on any atom is -0.377 e. The number of rotatable bonds is 4. The Kier molecular flexibility index (Phi) is 4.24. The number of methoxy groups -OCH3 is 1. The minimum atomic E-state index is -0.178. The summed E-state index contributed by atoms with van der Waals surface area (Å²) in [4.78, 5) is 12.0. The van der Waals surface area contributed by atoms with Gasteiger partial charge in [-0.2, -0.15) is 0 Å². The highest BCUT2D eigenvalue weighted by Gasteiger charge is 2.10. The Morgan fingerprint density at radius 3 is 2.79 bits per heavy atom. The zero-order valence-corrected chi connectivity index (χ0v) is 11.9. The zero-order chi connectivity index (χ0) is 13.8. The summed E-state index contributed by atoms with van der Waals surface area (Å²) in [6.07, 6.45) is 0. The molecule has 2 aromatic rings. The Bertz CT molecular complexity index is 595. The van der Waals surface area contributed by atoms with Crippen LogP contribution in [0, 0.1) is 13.8 Å². The lowest BCUT2D eigenvalue weighted by molar-refractivity contribution is 0.102. The first-order valence-corrected chi connectivity index (χ1v) is 6.61. The van der Waals surface area contributed by atoms with Crippen LogP contribution in [-0.4, -0.2) is 23.2 Å². The number of carbonyl (C=O) groups excluding carboxylic acids is 1. The smallest absolute Gasteiger partial charge is 0.257 e. The van der Waals surface area contributed by atoms with Crippen LogP contribution in [-0.2, 0) is 11.3 Å². The van der Waals surface area contributed by atoms with Crippen molar-refractivity contribution >= 4 is 22.4 Å². The molecule has 1 amide bonds. The Morgan fingerprint density at radius 2 is 2.11 bits per heavy atom. The van der Waals surface area contributed by atoms with Crippen molar-refractivity contribution in [1.82, 2.24) is 10.2 Å². The van der Waals surface area contributed by atoms with E-state index in [4.69, 9.17) is 4.74 Å². The standard InChI is InChI=1S/C13H15N3O2S/c1-8-4-5-10(6-9(8)2)12(17)14-13-16-15-11(19-13)7-18-3/h4-6H,7H2,1-3H3,(H,14,16,17). The van der Waals surface area contributed by atoms with Crippen LogP contribution in [0.15, 0.2) is 18.2 Å². The maximum atomic E-state index is 12.0. The van der Waals surface area contributed by atoms with E-state index in [9.17, 15) is 4.79 Å². The number of hydrogen-bond donors (Lipinski definition) is 1. The van der Waals surface area contributed by atoms with Crippen LogP contribution < -0.4 is 5.32 Å². The molecule has 0 bridgehead atoms. The third-order valence-electron chi connectivity index (χ3n) is 2.72. The first-order chi connectivity index (χ1) is 9.10. The number of aromatic nitrogens is 2. The third kappa shape index (κ3) is 3.36. The molecule has 0 fully saturated rings. The number of hydrogen-bond acceptors (Lipinski definition) is 5. The Labute approximate surface area is 115 Å². The number of nitrogens with one attached hydrogen (secondary N) is 1. The normalized spacial score (nSPS) is 10.5. The molecule has 0 aliphatic rings. The highest BCUT2D eigenvalue weighted by atomic mass is 32.1. The average molecular weight is 277 g/mol. The molecule has 0 radical (unpaired) electrons. The Hall–Kier alpha value is -1.79. The van der Waals surface area contributed by atoms with Gasteiger partial charge in [-0.1, -0.05) is 17.4 Å². The fourth-order valence-corrected chi connectivity index (χ4v) is 2.24. The molecule has 0 aliphatic heterocycles. The van der Waals surface area contributed by atoms with Crippen molar-refractivity contribution in [2.45, 2.75) is 20.5 Å². The second-order valence-corrected chi connectivity index (χ2v) is 5.25. The average Bonchev–Trinajstić information content (AvgIpc) is 2.80. The highest BCUT2D eigenvalue weighted by Crippen LogP contribution is 2.17. The maximum absolute atomic E-state index is 12.0. The van der Waals surface area contributed by atoms with E-state index in [0.29, 0.717) is 17.3 Å². The van der Waals surface area contributed by atoms with E-state index in [1.165, 1.54) is 11.3 Å². The van der Waals surface area contributed by atoms with E-state index in [1.54, 1.807) is 13.2 Å². The number of ether oxygens (including phenoxy) is 1. The summed E-state index contributed by atoms with van der Waals surface area (Å²) in [5, 5.41) is 11.8. The van der Waals surface area contributed by atoms with Gasteiger partial charge in [-0.05, 0) is 37.1 Å². The first kappa shape index (κ1) is 13.6. The molecule has 0 unspecified atom stereocenters. The third-order valence-corrected chi connectivity index (χ3v) is 3.54. The van der Waals surface area contributed by atoms with Gasteiger partial charge in [0, 0.05) is 12.7 Å². The molecule has 19 heavy (non-hydrogen) atoms. The summed E-state index contributed by atoms with van der Waals surface area (Å²) < 4.78 is 4.95. The van der Waals surface area contributed by atoms with Gasteiger partial charge in [-0.3, -0.25) is 10.1 Å². The van der Waals surface area contributed by atoms with Crippen molar-refractivity contribution in [3.63, 3.8) is 0 Å². The molecule has 0 spiro atoms. The van der Waals surface area contributed by atoms with E-state index in [2.05, 4.69) is 15.5 Å². The topological polar surface area (TPSA) is 64.1 Å². The van der Waals surface area contributed by atoms with Gasteiger partial charge >= 0.3 is 0 Å². The summed E-state index contributed by atoms with van der Waals surface area (Å²) in [7, 11) is 1.59. The van der Waals surface area contributed by atoms with Gasteiger partial charge < -0.3 is 4.74 Å². The van der Waals surface area contributed by atoms with Crippen LogP contribution >= 0.6 is 11.3 Å². The van der Waals surface area contributed by atoms with Crippen molar-refractivity contribution < 1.29 is 9.53 Å². The summed E-state index contributed by atoms with van der Waals surface area (Å²) >= 11 is 1.31. The molecule has 5 nitrogen and oxygen atoms in total. The van der Waals surface area contributed by atoms with Crippen LogP contribution in [0.5, 0.6) is 0 Å². The van der Waals surface area contributed by atoms with E-state index < -0.39 is 0 Å². The van der Waals surface area contributed by atoms with Gasteiger partial charge in [0.25, 0.3) is 5.91 Å². The summed E-state index contributed by atoms with van der Waals surface area (Å²) in [5.74, 6) is -0.178. The van der Waals surface area contributed by atoms with Gasteiger partial charge in [-0.15, -0.1) is 10.2 Å². The van der Waals surface area contributed by atoms with E-state index >= 15 is 0 Å². The lowest BCUT2D eigenvalue weighted by Gasteiger charge is -2.04. The van der Waals surface area contributed by atoms with Crippen molar-refractivity contribution in [2.75, 3.05) is 12.4 Å². The fraction of sp³-hybridized carbons (Fsp3) is 0.308. The van der Waals surface area contributed by atoms with Crippen LogP contribution in [0.1, 0.15) is 26.5 Å². The van der Waals surface area contributed by atoms with Crippen molar-refractivity contribution in [3.8, 4) is 0 Å². The number of anilines is 1. The molecular weight excluding hydrogens is 262 g/mol. The van der Waals surface area contributed by atoms with Crippen LogP contribution in [0.2, 0.25) is 0 Å². The lowest BCUT2D eigenvalue weighted by Crippen LogP contribution is -2.12. The minimum absolute atomic E-state index is 0.178. The number of nitrogens with zero attached hydrogens (tertiary/aromatic N) is 2. The van der Waals surface area contributed by atoms with E-state index in [0.717, 1.165) is 16.1 Å². The predicted molar refractivity (Wildman–Crippen MR) is 74.5 cm³/mol. The number of amides is 1. The molecule has 1 heterocycles. The van der Waals surface area contributed by atoms with Crippen molar-refractivity contribution in [3.05, 3.63) is 39.9 Å². The first-order valence-electron chi connectivity index (χ1n) is 5.80. The van der Waals surface area contributed by atoms with Crippen molar-refractivity contribution in [2.24, 2.45) is 0 Å². The Balaban J connectivity index is 2.09. The number of benzene rings is 1. The number of aryl methyl sites for hydroxylation is 2. The molecule has 0 saturated heterocycles. The summed E-state index contributed by atoms with van der Waals surface area (Å²) in [6, 6.07) is 5.59. The molecule has 1 aromatic carbocycles. The maximum Gasteiger partial charge on any atom is 0.257 e. The molecule has 100 valence electrons. The molecule has 0 saturated carbocycles. The van der Waals surface area contributed by atoms with Crippen LogP contribution in [0.3, 0.4) is 0 Å². The largest absolute Gasteiger partial charge is 0.377 e. The highest BCUT2D eigenvalue weighted by molar-refractivity contribution is 7.15. The van der Waals surface area contributed by atoms with E-state index in [-0.39, 0.29) is 5.91 Å². The van der Waals surface area contributed by atoms with Crippen LogP contribution in [0.25, 0.3) is 0 Å². The summed E-state index contributed by atoms with van der Waals surface area (Å²) in [6.45, 7) is 4.39. The van der Waals surface area contributed by atoms with E-state index in [1.807, 2.05) is 26.0 Å². The van der Waals surface area contributed by atoms with Crippen LogP contribution in [0.4, 0.5) is 5.13 Å². The summed E-state index contributed by atoms with van der Waals surface area (Å²) in [5.41, 5.74) is 2.87. The quantitative estimate of drug-likeness (QED) is 0.932. The molecular formula is C13H15N3O2S. The second kappa shape index (κ2) is 5.90. The molecule has 2 rings (SSSR count). The fourth-order valence-electron chi connectivity index (χ4n) is 1.54. The van der Waals surface area contributed by atoms with Gasteiger partial charge in [0.2, 0.25) is 5.13 Å². The van der Waals surface area contributed by atoms with Gasteiger partial charge in [0.1, 0.15) is 11.6 Å². The lowest BCUT2D eigenvalue weighted by atomic mass is 10.1. The molecule has 6 heteroatoms. The Morgan fingerprint density at radius 1 is 1.32 bits per heavy atom. The predicted octanol–water partition coefficient (Wildman–Crippen LogP) is 2.55. The second-order valence-electron chi connectivity index (χ2n) is 4.19. The molecule has 1 aromatic heterocycles. The molecule has 0 aliphatic carbocycles. The molecule has 0 atom stereocenters. The van der Waals surface area contributed by atoms with Gasteiger partial charge in [0.05, 0.1) is 0 Å². The number of carbonyl (C=O) groups is 1. The SMILES string of the molecule is COCc1nnc(NC(=O)c2ccc(C)c(C)c2)s1. The van der Waals surface area contributed by atoms with Gasteiger partial charge in [0.15, 0.2) is 0 Å².